The van der Waals surface area contributed by atoms with Gasteiger partial charge >= 0.3 is 0 Å². The molecule has 1 aromatic carbocycles. The van der Waals surface area contributed by atoms with Gasteiger partial charge < -0.3 is 15.0 Å². The minimum Gasteiger partial charge on any atom is -0.378 e. The molecule has 1 N–H and O–H groups in total. The van der Waals surface area contributed by atoms with Gasteiger partial charge in [0.25, 0.3) is 0 Å². The topological polar surface area (TPSA) is 84.7 Å². The Morgan fingerprint density at radius 1 is 1.11 bits per heavy atom. The maximum absolute atomic E-state index is 13.0. The maximum atomic E-state index is 13.0. The van der Waals surface area contributed by atoms with Crippen LogP contribution in [0.3, 0.4) is 0 Å². The van der Waals surface area contributed by atoms with Crippen molar-refractivity contribution in [1.29, 1.82) is 0 Å². The quantitative estimate of drug-likeness (QED) is 0.696. The lowest BCUT2D eigenvalue weighted by Gasteiger charge is -2.26. The largest absolute Gasteiger partial charge is 0.378 e. The Morgan fingerprint density at radius 3 is 2.68 bits per heavy atom. The van der Waals surface area contributed by atoms with Crippen molar-refractivity contribution in [3.63, 3.8) is 0 Å². The lowest BCUT2D eigenvalue weighted by atomic mass is 10.2. The van der Waals surface area contributed by atoms with Crippen molar-refractivity contribution < 1.29 is 13.9 Å². The Balaban J connectivity index is 1.40. The van der Waals surface area contributed by atoms with Crippen molar-refractivity contribution in [2.45, 2.75) is 19.4 Å². The predicted octanol–water partition coefficient (Wildman–Crippen LogP) is 1.67. The van der Waals surface area contributed by atoms with Crippen molar-refractivity contribution in [1.82, 2.24) is 24.7 Å². The van der Waals surface area contributed by atoms with Gasteiger partial charge in [-0.25, -0.2) is 4.39 Å². The monoisotopic (exact) mass is 384 g/mol. The summed E-state index contributed by atoms with van der Waals surface area (Å²) in [6, 6.07) is 9.94. The summed E-state index contributed by atoms with van der Waals surface area (Å²) in [5.41, 5.74) is 1.57. The molecule has 0 atom stereocenters. The fourth-order valence-corrected chi connectivity index (χ4v) is 3.07. The number of anilines is 1. The number of halogens is 1. The van der Waals surface area contributed by atoms with Crippen molar-refractivity contribution in [2.24, 2.45) is 0 Å². The molecule has 9 heteroatoms. The van der Waals surface area contributed by atoms with E-state index in [2.05, 4.69) is 20.6 Å². The van der Waals surface area contributed by atoms with Crippen LogP contribution in [0.1, 0.15) is 17.8 Å². The SMILES string of the molecule is O=C(CCc1nnc2ccc(NCc3ccc(F)cc3)nn12)N1CCOCC1. The first-order valence-electron chi connectivity index (χ1n) is 9.24. The van der Waals surface area contributed by atoms with Crippen LogP contribution >= 0.6 is 0 Å². The molecule has 0 aliphatic carbocycles. The highest BCUT2D eigenvalue weighted by Gasteiger charge is 2.18. The fourth-order valence-electron chi connectivity index (χ4n) is 3.07. The standard InChI is InChI=1S/C19H21FN6O2/c20-15-3-1-14(2-4-15)13-21-16-5-6-17-22-23-18(26(17)24-16)7-8-19(27)25-9-11-28-12-10-25/h1-6H,7-13H2,(H,21,24). The van der Waals surface area contributed by atoms with Gasteiger partial charge in [-0.3, -0.25) is 4.79 Å². The zero-order chi connectivity index (χ0) is 19.3. The number of nitrogens with one attached hydrogen (secondary N) is 1. The second-order valence-corrected chi connectivity index (χ2v) is 6.58. The average molecular weight is 384 g/mol. The number of nitrogens with zero attached hydrogens (tertiary/aromatic N) is 5. The van der Waals surface area contributed by atoms with Crippen LogP contribution in [0.2, 0.25) is 0 Å². The minimum atomic E-state index is -0.260. The normalized spacial score (nSPS) is 14.4. The molecule has 1 amide bonds. The van der Waals surface area contributed by atoms with E-state index < -0.39 is 0 Å². The third-order valence-corrected chi connectivity index (χ3v) is 4.64. The first-order chi connectivity index (χ1) is 13.7. The number of ether oxygens (including phenoxy) is 1. The van der Waals surface area contributed by atoms with E-state index in [1.807, 2.05) is 17.0 Å². The number of hydrogen-bond acceptors (Lipinski definition) is 6. The summed E-state index contributed by atoms with van der Waals surface area (Å²) >= 11 is 0. The fraction of sp³-hybridized carbons (Fsp3) is 0.368. The number of carbonyl (C=O) groups excluding carboxylic acids is 1. The zero-order valence-corrected chi connectivity index (χ0v) is 15.3. The maximum Gasteiger partial charge on any atom is 0.223 e. The smallest absolute Gasteiger partial charge is 0.223 e. The molecule has 3 heterocycles. The van der Waals surface area contributed by atoms with Gasteiger partial charge in [-0.05, 0) is 29.8 Å². The van der Waals surface area contributed by atoms with Crippen LogP contribution in [-0.2, 0) is 22.5 Å². The van der Waals surface area contributed by atoms with Gasteiger partial charge in [0.15, 0.2) is 11.5 Å². The number of aryl methyl sites for hydroxylation is 1. The second kappa shape index (κ2) is 8.30. The minimum absolute atomic E-state index is 0.0886. The summed E-state index contributed by atoms with van der Waals surface area (Å²) in [5, 5.41) is 16.0. The van der Waals surface area contributed by atoms with Crippen molar-refractivity contribution in [3.05, 3.63) is 53.6 Å². The first kappa shape index (κ1) is 18.3. The van der Waals surface area contributed by atoms with Gasteiger partial charge in [-0.2, -0.15) is 4.52 Å². The number of amides is 1. The van der Waals surface area contributed by atoms with Crippen LogP contribution in [0.25, 0.3) is 5.65 Å². The molecule has 8 nitrogen and oxygen atoms in total. The number of benzene rings is 1. The lowest BCUT2D eigenvalue weighted by Crippen LogP contribution is -2.40. The average Bonchev–Trinajstić information content (AvgIpc) is 3.14. The van der Waals surface area contributed by atoms with Gasteiger partial charge in [-0.15, -0.1) is 15.3 Å². The highest BCUT2D eigenvalue weighted by atomic mass is 19.1. The first-order valence-corrected chi connectivity index (χ1v) is 9.24. The molecule has 28 heavy (non-hydrogen) atoms. The molecule has 1 fully saturated rings. The van der Waals surface area contributed by atoms with Crippen LogP contribution < -0.4 is 5.32 Å². The molecule has 4 rings (SSSR count). The molecule has 1 aliphatic heterocycles. The second-order valence-electron chi connectivity index (χ2n) is 6.58. The zero-order valence-electron chi connectivity index (χ0n) is 15.3. The number of morpholine rings is 1. The lowest BCUT2D eigenvalue weighted by molar-refractivity contribution is -0.135. The van der Waals surface area contributed by atoms with Crippen LogP contribution in [0.5, 0.6) is 0 Å². The van der Waals surface area contributed by atoms with E-state index >= 15 is 0 Å². The van der Waals surface area contributed by atoms with Gasteiger partial charge in [0.1, 0.15) is 11.6 Å². The van der Waals surface area contributed by atoms with E-state index in [0.29, 0.717) is 63.0 Å². The van der Waals surface area contributed by atoms with Gasteiger partial charge in [0, 0.05) is 32.5 Å². The summed E-state index contributed by atoms with van der Waals surface area (Å²) in [6.07, 6.45) is 0.821. The predicted molar refractivity (Wildman–Crippen MR) is 100 cm³/mol. The van der Waals surface area contributed by atoms with E-state index in [0.717, 1.165) is 5.56 Å². The number of hydrogen-bond donors (Lipinski definition) is 1. The Morgan fingerprint density at radius 2 is 1.89 bits per heavy atom. The van der Waals surface area contributed by atoms with Crippen LogP contribution in [0.15, 0.2) is 36.4 Å². The molecule has 1 aliphatic rings. The summed E-state index contributed by atoms with van der Waals surface area (Å²) < 4.78 is 19.9. The van der Waals surface area contributed by atoms with E-state index in [4.69, 9.17) is 4.74 Å². The van der Waals surface area contributed by atoms with E-state index in [1.165, 1.54) is 12.1 Å². The van der Waals surface area contributed by atoms with Gasteiger partial charge in [0.05, 0.1) is 13.2 Å². The Bertz CT molecular complexity index is 953. The Labute approximate surface area is 161 Å². The molecule has 146 valence electrons. The number of rotatable bonds is 6. The van der Waals surface area contributed by atoms with Crippen molar-refractivity contribution in [2.75, 3.05) is 31.6 Å². The summed E-state index contributed by atoms with van der Waals surface area (Å²) in [4.78, 5) is 14.1. The summed E-state index contributed by atoms with van der Waals surface area (Å²) in [5.74, 6) is 1.12. The van der Waals surface area contributed by atoms with E-state index in [1.54, 1.807) is 16.6 Å². The third-order valence-electron chi connectivity index (χ3n) is 4.64. The molecule has 2 aromatic heterocycles. The van der Waals surface area contributed by atoms with Crippen molar-refractivity contribution in [3.8, 4) is 0 Å². The number of aromatic nitrogens is 4. The molecule has 0 saturated carbocycles. The van der Waals surface area contributed by atoms with Crippen molar-refractivity contribution >= 4 is 17.4 Å². The number of fused-ring (bicyclic) bond motifs is 1. The molecule has 0 bridgehead atoms. The summed E-state index contributed by atoms with van der Waals surface area (Å²) in [7, 11) is 0. The Hall–Kier alpha value is -3.07. The molecular formula is C19H21FN6O2. The highest BCUT2D eigenvalue weighted by Crippen LogP contribution is 2.11. The molecule has 0 unspecified atom stereocenters. The molecule has 3 aromatic rings. The van der Waals surface area contributed by atoms with Crippen LogP contribution in [0.4, 0.5) is 10.2 Å². The van der Waals surface area contributed by atoms with Crippen LogP contribution in [-0.4, -0.2) is 56.9 Å². The molecule has 0 radical (unpaired) electrons. The third kappa shape index (κ3) is 4.25. The molecule has 1 saturated heterocycles. The molecular weight excluding hydrogens is 363 g/mol. The van der Waals surface area contributed by atoms with E-state index in [-0.39, 0.29) is 11.7 Å². The van der Waals surface area contributed by atoms with E-state index in [9.17, 15) is 9.18 Å². The van der Waals surface area contributed by atoms with Gasteiger partial charge in [0.2, 0.25) is 5.91 Å². The number of carbonyl (C=O) groups is 1. The van der Waals surface area contributed by atoms with Crippen LogP contribution in [0, 0.1) is 5.82 Å². The molecule has 0 spiro atoms. The Kier molecular flexibility index (Phi) is 5.43. The highest BCUT2D eigenvalue weighted by molar-refractivity contribution is 5.76. The van der Waals surface area contributed by atoms with Gasteiger partial charge in [-0.1, -0.05) is 12.1 Å². The summed E-state index contributed by atoms with van der Waals surface area (Å²) in [6.45, 7) is 2.96.